The molecule has 0 N–H and O–H groups in total. The van der Waals surface area contributed by atoms with E-state index in [9.17, 15) is 4.79 Å². The molecule has 3 heteroatoms. The van der Waals surface area contributed by atoms with Gasteiger partial charge in [-0.2, -0.15) is 0 Å². The molecule has 0 amide bonds. The van der Waals surface area contributed by atoms with Crippen LogP contribution in [0.1, 0.15) is 39.7 Å². The van der Waals surface area contributed by atoms with Crippen molar-refractivity contribution in [1.82, 2.24) is 0 Å². The van der Waals surface area contributed by atoms with Gasteiger partial charge in [0.05, 0.1) is 13.0 Å². The summed E-state index contributed by atoms with van der Waals surface area (Å²) in [5, 5.41) is 2.07. The molecule has 1 unspecified atom stereocenters. The van der Waals surface area contributed by atoms with Crippen LogP contribution < -0.4 is 4.74 Å². The number of methoxy groups -OCH3 is 1. The molecular formula is C19H24O3. The summed E-state index contributed by atoms with van der Waals surface area (Å²) in [5.74, 6) is 0.569. The SMILES string of the molecule is CCC(C)C(=O)OC(C)(C)c1ccc(OC)c2ccccc12. The number of esters is 1. The number of hydrogen-bond acceptors (Lipinski definition) is 3. The van der Waals surface area contributed by atoms with E-state index in [2.05, 4.69) is 0 Å². The van der Waals surface area contributed by atoms with Crippen molar-refractivity contribution in [2.75, 3.05) is 7.11 Å². The summed E-state index contributed by atoms with van der Waals surface area (Å²) in [6.07, 6.45) is 0.776. The molecule has 0 heterocycles. The number of rotatable bonds is 5. The summed E-state index contributed by atoms with van der Waals surface area (Å²) in [6, 6.07) is 11.9. The first-order chi connectivity index (χ1) is 10.4. The Bertz CT molecular complexity index is 673. The van der Waals surface area contributed by atoms with Crippen molar-refractivity contribution in [3.05, 3.63) is 42.0 Å². The van der Waals surface area contributed by atoms with E-state index in [4.69, 9.17) is 9.47 Å². The summed E-state index contributed by atoms with van der Waals surface area (Å²) in [6.45, 7) is 7.75. The molecule has 0 aliphatic rings. The first kappa shape index (κ1) is 16.3. The smallest absolute Gasteiger partial charge is 0.309 e. The highest BCUT2D eigenvalue weighted by Crippen LogP contribution is 2.36. The molecule has 0 aromatic heterocycles. The average Bonchev–Trinajstić information content (AvgIpc) is 2.52. The predicted octanol–water partition coefficient (Wildman–Crippen LogP) is 4.67. The van der Waals surface area contributed by atoms with Crippen LogP contribution >= 0.6 is 0 Å². The Labute approximate surface area is 132 Å². The van der Waals surface area contributed by atoms with Crippen LogP contribution in [0, 0.1) is 5.92 Å². The van der Waals surface area contributed by atoms with E-state index in [1.165, 1.54) is 0 Å². The van der Waals surface area contributed by atoms with Gasteiger partial charge in [-0.3, -0.25) is 4.79 Å². The number of benzene rings is 2. The Morgan fingerprint density at radius 3 is 2.36 bits per heavy atom. The van der Waals surface area contributed by atoms with Gasteiger partial charge in [0.15, 0.2) is 0 Å². The van der Waals surface area contributed by atoms with Crippen LogP contribution in [0.3, 0.4) is 0 Å². The van der Waals surface area contributed by atoms with Crippen LogP contribution in [-0.4, -0.2) is 13.1 Å². The molecule has 118 valence electrons. The normalized spacial score (nSPS) is 13.0. The largest absolute Gasteiger partial charge is 0.496 e. The lowest BCUT2D eigenvalue weighted by molar-refractivity contribution is -0.162. The first-order valence-electron chi connectivity index (χ1n) is 7.69. The summed E-state index contributed by atoms with van der Waals surface area (Å²) >= 11 is 0. The van der Waals surface area contributed by atoms with Crippen molar-refractivity contribution >= 4 is 16.7 Å². The van der Waals surface area contributed by atoms with Crippen molar-refractivity contribution in [2.24, 2.45) is 5.92 Å². The third kappa shape index (κ3) is 3.08. The Kier molecular flexibility index (Phi) is 4.74. The van der Waals surface area contributed by atoms with E-state index in [0.717, 1.165) is 28.5 Å². The maximum atomic E-state index is 12.2. The zero-order valence-electron chi connectivity index (χ0n) is 14.0. The topological polar surface area (TPSA) is 35.5 Å². The fraction of sp³-hybridized carbons (Fsp3) is 0.421. The maximum Gasteiger partial charge on any atom is 0.309 e. The Morgan fingerprint density at radius 2 is 1.77 bits per heavy atom. The van der Waals surface area contributed by atoms with E-state index in [-0.39, 0.29) is 11.9 Å². The summed E-state index contributed by atoms with van der Waals surface area (Å²) in [4.78, 5) is 12.2. The minimum absolute atomic E-state index is 0.0937. The average molecular weight is 300 g/mol. The Morgan fingerprint density at radius 1 is 1.14 bits per heavy atom. The van der Waals surface area contributed by atoms with Crippen LogP contribution in [0.15, 0.2) is 36.4 Å². The lowest BCUT2D eigenvalue weighted by Gasteiger charge is -2.28. The van der Waals surface area contributed by atoms with Gasteiger partial charge in [-0.15, -0.1) is 0 Å². The van der Waals surface area contributed by atoms with Crippen LogP contribution in [0.4, 0.5) is 0 Å². The van der Waals surface area contributed by atoms with Crippen molar-refractivity contribution in [1.29, 1.82) is 0 Å². The number of carbonyl (C=O) groups is 1. The molecule has 0 saturated carbocycles. The van der Waals surface area contributed by atoms with E-state index < -0.39 is 5.60 Å². The van der Waals surface area contributed by atoms with Crippen LogP contribution in [0.2, 0.25) is 0 Å². The van der Waals surface area contributed by atoms with Crippen LogP contribution in [0.5, 0.6) is 5.75 Å². The fourth-order valence-electron chi connectivity index (χ4n) is 2.55. The predicted molar refractivity (Wildman–Crippen MR) is 89.1 cm³/mol. The standard InChI is InChI=1S/C19H24O3/c1-6-13(2)18(20)22-19(3,4)16-11-12-17(21-5)15-10-8-7-9-14(15)16/h7-13H,6H2,1-5H3. The number of hydrogen-bond donors (Lipinski definition) is 0. The number of carbonyl (C=O) groups excluding carboxylic acids is 1. The molecule has 2 rings (SSSR count). The zero-order valence-corrected chi connectivity index (χ0v) is 14.0. The van der Waals surface area contributed by atoms with E-state index in [0.29, 0.717) is 0 Å². The lowest BCUT2D eigenvalue weighted by Crippen LogP contribution is -2.28. The molecule has 0 bridgehead atoms. The molecule has 3 nitrogen and oxygen atoms in total. The van der Waals surface area contributed by atoms with E-state index in [1.807, 2.05) is 64.1 Å². The highest BCUT2D eigenvalue weighted by Gasteiger charge is 2.29. The van der Waals surface area contributed by atoms with E-state index >= 15 is 0 Å². The molecular weight excluding hydrogens is 276 g/mol. The molecule has 1 atom stereocenters. The van der Waals surface area contributed by atoms with Gasteiger partial charge in [0.2, 0.25) is 0 Å². The van der Waals surface area contributed by atoms with Crippen LogP contribution in [-0.2, 0) is 15.1 Å². The molecule has 0 saturated heterocycles. The van der Waals surface area contributed by atoms with Gasteiger partial charge in [0, 0.05) is 10.9 Å². The quantitative estimate of drug-likeness (QED) is 0.753. The minimum atomic E-state index is -0.688. The second kappa shape index (κ2) is 6.39. The monoisotopic (exact) mass is 300 g/mol. The molecule has 2 aromatic rings. The first-order valence-corrected chi connectivity index (χ1v) is 7.69. The molecule has 0 aliphatic carbocycles. The molecule has 2 aromatic carbocycles. The highest BCUT2D eigenvalue weighted by molar-refractivity contribution is 5.92. The Balaban J connectivity index is 2.47. The molecule has 0 spiro atoms. The fourth-order valence-corrected chi connectivity index (χ4v) is 2.55. The molecule has 0 fully saturated rings. The van der Waals surface area contributed by atoms with Gasteiger partial charge in [0.25, 0.3) is 0 Å². The second-order valence-electron chi connectivity index (χ2n) is 6.10. The number of ether oxygens (including phenoxy) is 2. The van der Waals surface area contributed by atoms with Gasteiger partial charge in [-0.1, -0.05) is 44.2 Å². The van der Waals surface area contributed by atoms with Crippen molar-refractivity contribution in [2.45, 2.75) is 39.7 Å². The highest BCUT2D eigenvalue weighted by atomic mass is 16.6. The van der Waals surface area contributed by atoms with Crippen molar-refractivity contribution in [3.8, 4) is 5.75 Å². The third-order valence-electron chi connectivity index (χ3n) is 4.12. The van der Waals surface area contributed by atoms with E-state index in [1.54, 1.807) is 7.11 Å². The van der Waals surface area contributed by atoms with Crippen molar-refractivity contribution < 1.29 is 14.3 Å². The van der Waals surface area contributed by atoms with Crippen LogP contribution in [0.25, 0.3) is 10.8 Å². The third-order valence-corrected chi connectivity index (χ3v) is 4.12. The van der Waals surface area contributed by atoms with Gasteiger partial charge in [-0.25, -0.2) is 0 Å². The number of fused-ring (bicyclic) bond motifs is 1. The molecule has 0 radical (unpaired) electrons. The maximum absolute atomic E-state index is 12.2. The molecule has 22 heavy (non-hydrogen) atoms. The molecule has 0 aliphatic heterocycles. The minimum Gasteiger partial charge on any atom is -0.496 e. The van der Waals surface area contributed by atoms with Crippen molar-refractivity contribution in [3.63, 3.8) is 0 Å². The summed E-state index contributed by atoms with van der Waals surface area (Å²) in [5.41, 5.74) is 0.299. The van der Waals surface area contributed by atoms with Gasteiger partial charge >= 0.3 is 5.97 Å². The van der Waals surface area contributed by atoms with Gasteiger partial charge < -0.3 is 9.47 Å². The van der Waals surface area contributed by atoms with Gasteiger partial charge in [0.1, 0.15) is 11.4 Å². The summed E-state index contributed by atoms with van der Waals surface area (Å²) < 4.78 is 11.2. The lowest BCUT2D eigenvalue weighted by atomic mass is 9.91. The zero-order chi connectivity index (χ0) is 16.3. The van der Waals surface area contributed by atoms with Gasteiger partial charge in [-0.05, 0) is 31.7 Å². The summed E-state index contributed by atoms with van der Waals surface area (Å²) in [7, 11) is 1.66. The second-order valence-corrected chi connectivity index (χ2v) is 6.10. The Hall–Kier alpha value is -2.03.